The molecular weight excluding hydrogens is 513 g/mol. The number of alkyl halides is 3. The number of nitrogens with one attached hydrogen (secondary N) is 1. The first kappa shape index (κ1) is 26.9. The van der Waals surface area contributed by atoms with Gasteiger partial charge in [-0.3, -0.25) is 14.3 Å². The first-order valence-electron chi connectivity index (χ1n) is 13.2. The van der Waals surface area contributed by atoms with Gasteiger partial charge in [0.15, 0.2) is 0 Å². The van der Waals surface area contributed by atoms with Crippen LogP contribution in [0.15, 0.2) is 36.5 Å². The van der Waals surface area contributed by atoms with Crippen LogP contribution in [-0.4, -0.2) is 75.2 Å². The number of carbonyl (C=O) groups excluding carboxylic acids is 2. The van der Waals surface area contributed by atoms with E-state index in [-0.39, 0.29) is 23.8 Å². The van der Waals surface area contributed by atoms with Crippen molar-refractivity contribution in [3.8, 4) is 5.75 Å². The highest BCUT2D eigenvalue weighted by Gasteiger charge is 2.33. The second-order valence-corrected chi connectivity index (χ2v) is 9.88. The number of ether oxygens (including phenoxy) is 1. The molecule has 2 amide bonds. The molecule has 5 rings (SSSR count). The van der Waals surface area contributed by atoms with Gasteiger partial charge in [0.1, 0.15) is 23.7 Å². The maximum atomic E-state index is 13.0. The minimum Gasteiger partial charge on any atom is -0.492 e. The fourth-order valence-corrected chi connectivity index (χ4v) is 5.29. The summed E-state index contributed by atoms with van der Waals surface area (Å²) in [7, 11) is 0. The topological polar surface area (TPSA) is 92.6 Å². The Kier molecular flexibility index (Phi) is 7.74. The highest BCUT2D eigenvalue weighted by atomic mass is 19.4. The number of anilines is 1. The molecule has 0 saturated carbocycles. The number of hydrogen-bond acceptors (Lipinski definition) is 6. The molecule has 208 valence electrons. The van der Waals surface area contributed by atoms with E-state index in [4.69, 9.17) is 4.74 Å². The van der Waals surface area contributed by atoms with Crippen molar-refractivity contribution in [1.29, 1.82) is 0 Å². The number of halogens is 3. The fraction of sp³-hybridized carbons (Fsp3) is 0.481. The zero-order chi connectivity index (χ0) is 27.6. The van der Waals surface area contributed by atoms with Gasteiger partial charge in [-0.05, 0) is 63.9 Å². The van der Waals surface area contributed by atoms with Gasteiger partial charge in [0.05, 0.1) is 17.8 Å². The van der Waals surface area contributed by atoms with E-state index in [1.165, 1.54) is 18.9 Å². The van der Waals surface area contributed by atoms with Crippen LogP contribution in [0.2, 0.25) is 0 Å². The molecule has 9 nitrogen and oxygen atoms in total. The Balaban J connectivity index is 1.28. The lowest BCUT2D eigenvalue weighted by atomic mass is 10.0. The molecule has 0 aliphatic carbocycles. The summed E-state index contributed by atoms with van der Waals surface area (Å²) in [5.41, 5.74) is -0.693. The molecule has 2 aliphatic heterocycles. The van der Waals surface area contributed by atoms with Crippen molar-refractivity contribution in [1.82, 2.24) is 24.6 Å². The third kappa shape index (κ3) is 6.16. The zero-order valence-electron chi connectivity index (χ0n) is 21.7. The van der Waals surface area contributed by atoms with Gasteiger partial charge < -0.3 is 19.9 Å². The van der Waals surface area contributed by atoms with Crippen molar-refractivity contribution in [2.45, 2.75) is 51.4 Å². The number of likely N-dealkylation sites (tertiary alicyclic amines) is 2. The summed E-state index contributed by atoms with van der Waals surface area (Å²) in [6.45, 7) is 5.92. The predicted molar refractivity (Wildman–Crippen MR) is 139 cm³/mol. The number of aromatic nitrogens is 3. The molecule has 0 radical (unpaired) electrons. The van der Waals surface area contributed by atoms with Crippen LogP contribution in [0.5, 0.6) is 5.75 Å². The molecule has 4 heterocycles. The molecule has 0 unspecified atom stereocenters. The number of fused-ring (bicyclic) bond motifs is 1. The standard InChI is InChI=1S/C27H31F3N6O3/c1-2-39-23-15-21-18(14-22(23)32-26(38)20-6-5-7-24(31-20)27(28,29)30)16-36(33-21)17-25(37)35-12-8-19(9-13-35)34-10-3-4-11-34/h5-7,14-16,19H,2-4,8-13,17H2,1H3,(H,32,38). The molecule has 0 bridgehead atoms. The summed E-state index contributed by atoms with van der Waals surface area (Å²) in [5, 5.41) is 7.76. The molecule has 3 aromatic rings. The van der Waals surface area contributed by atoms with Crippen LogP contribution < -0.4 is 10.1 Å². The minimum absolute atomic E-state index is 0.00291. The molecule has 39 heavy (non-hydrogen) atoms. The maximum absolute atomic E-state index is 13.0. The highest BCUT2D eigenvalue weighted by Crippen LogP contribution is 2.31. The van der Waals surface area contributed by atoms with Crippen LogP contribution in [0, 0.1) is 0 Å². The Labute approximate surface area is 223 Å². The van der Waals surface area contributed by atoms with Gasteiger partial charge in [0.25, 0.3) is 5.91 Å². The number of pyridine rings is 1. The average molecular weight is 545 g/mol. The van der Waals surface area contributed by atoms with Gasteiger partial charge in [-0.1, -0.05) is 6.07 Å². The van der Waals surface area contributed by atoms with Crippen molar-refractivity contribution >= 4 is 28.4 Å². The second kappa shape index (κ2) is 11.2. The number of amides is 2. The molecule has 2 aromatic heterocycles. The molecule has 1 aromatic carbocycles. The Bertz CT molecular complexity index is 1340. The SMILES string of the molecule is CCOc1cc2nn(CC(=O)N3CCC(N4CCCC4)CC3)cc2cc1NC(=O)c1cccc(C(F)(F)F)n1. The van der Waals surface area contributed by atoms with Crippen molar-refractivity contribution < 1.29 is 27.5 Å². The quantitative estimate of drug-likeness (QED) is 0.480. The van der Waals surface area contributed by atoms with Gasteiger partial charge in [-0.2, -0.15) is 18.3 Å². The molecule has 12 heteroatoms. The lowest BCUT2D eigenvalue weighted by Crippen LogP contribution is -2.46. The van der Waals surface area contributed by atoms with Crippen LogP contribution in [0.1, 0.15) is 48.8 Å². The minimum atomic E-state index is -4.67. The van der Waals surface area contributed by atoms with Crippen LogP contribution in [0.25, 0.3) is 10.9 Å². The van der Waals surface area contributed by atoms with E-state index in [9.17, 15) is 22.8 Å². The van der Waals surface area contributed by atoms with E-state index >= 15 is 0 Å². The van der Waals surface area contributed by atoms with Crippen LogP contribution in [0.4, 0.5) is 18.9 Å². The molecule has 1 N–H and O–H groups in total. The monoisotopic (exact) mass is 544 g/mol. The molecule has 2 aliphatic rings. The largest absolute Gasteiger partial charge is 0.492 e. The summed E-state index contributed by atoms with van der Waals surface area (Å²) < 4.78 is 46.3. The Morgan fingerprint density at radius 1 is 1.10 bits per heavy atom. The Morgan fingerprint density at radius 2 is 1.85 bits per heavy atom. The number of piperidine rings is 1. The number of nitrogens with zero attached hydrogens (tertiary/aromatic N) is 5. The van der Waals surface area contributed by atoms with Crippen LogP contribution in [-0.2, 0) is 17.5 Å². The third-order valence-corrected chi connectivity index (χ3v) is 7.24. The van der Waals surface area contributed by atoms with Crippen molar-refractivity contribution in [2.75, 3.05) is 38.1 Å². The van der Waals surface area contributed by atoms with E-state index in [1.54, 1.807) is 29.9 Å². The molecule has 0 atom stereocenters. The second-order valence-electron chi connectivity index (χ2n) is 9.88. The van der Waals surface area contributed by atoms with Crippen molar-refractivity contribution in [3.05, 3.63) is 47.9 Å². The maximum Gasteiger partial charge on any atom is 0.433 e. The number of hydrogen-bond donors (Lipinski definition) is 1. The van der Waals surface area contributed by atoms with Gasteiger partial charge in [0.2, 0.25) is 5.91 Å². The highest BCUT2D eigenvalue weighted by molar-refractivity contribution is 6.05. The first-order valence-corrected chi connectivity index (χ1v) is 13.2. The van der Waals surface area contributed by atoms with Crippen LogP contribution >= 0.6 is 0 Å². The summed E-state index contributed by atoms with van der Waals surface area (Å²) in [6.07, 6.45) is 1.51. The van der Waals surface area contributed by atoms with Crippen molar-refractivity contribution in [3.63, 3.8) is 0 Å². The summed E-state index contributed by atoms with van der Waals surface area (Å²) in [6, 6.07) is 6.97. The number of carbonyl (C=O) groups is 2. The van der Waals surface area contributed by atoms with Gasteiger partial charge in [-0.15, -0.1) is 0 Å². The Hall–Kier alpha value is -3.67. The normalized spacial score (nSPS) is 17.1. The van der Waals surface area contributed by atoms with Gasteiger partial charge in [0, 0.05) is 36.8 Å². The summed E-state index contributed by atoms with van der Waals surface area (Å²) in [4.78, 5) is 33.6. The fourth-order valence-electron chi connectivity index (χ4n) is 5.29. The summed E-state index contributed by atoms with van der Waals surface area (Å²) >= 11 is 0. The number of rotatable bonds is 7. The van der Waals surface area contributed by atoms with E-state index in [0.29, 0.717) is 29.3 Å². The van der Waals surface area contributed by atoms with E-state index in [1.807, 2.05) is 4.90 Å². The molecule has 2 fully saturated rings. The smallest absolute Gasteiger partial charge is 0.433 e. The lowest BCUT2D eigenvalue weighted by molar-refractivity contribution is -0.141. The lowest BCUT2D eigenvalue weighted by Gasteiger charge is -2.36. The van der Waals surface area contributed by atoms with Crippen LogP contribution in [0.3, 0.4) is 0 Å². The Morgan fingerprint density at radius 3 is 2.54 bits per heavy atom. The predicted octanol–water partition coefficient (Wildman–Crippen LogP) is 4.19. The average Bonchev–Trinajstić information content (AvgIpc) is 3.58. The number of benzene rings is 1. The summed E-state index contributed by atoms with van der Waals surface area (Å²) in [5.74, 6) is -0.496. The van der Waals surface area contributed by atoms with Gasteiger partial charge >= 0.3 is 6.18 Å². The van der Waals surface area contributed by atoms with Gasteiger partial charge in [-0.25, -0.2) is 4.98 Å². The molecule has 2 saturated heterocycles. The third-order valence-electron chi connectivity index (χ3n) is 7.24. The molecule has 0 spiro atoms. The van der Waals surface area contributed by atoms with E-state index < -0.39 is 17.8 Å². The zero-order valence-corrected chi connectivity index (χ0v) is 21.7. The molecular formula is C27H31F3N6O3. The van der Waals surface area contributed by atoms with Crippen molar-refractivity contribution in [2.24, 2.45) is 0 Å². The van der Waals surface area contributed by atoms with E-state index in [0.717, 1.165) is 51.2 Å². The van der Waals surface area contributed by atoms with E-state index in [2.05, 4.69) is 20.3 Å². The first-order chi connectivity index (χ1) is 18.7.